The summed E-state index contributed by atoms with van der Waals surface area (Å²) in [5.41, 5.74) is 1.01. The maximum Gasteiger partial charge on any atom is 0.132 e. The van der Waals surface area contributed by atoms with E-state index in [-0.39, 0.29) is 5.82 Å². The van der Waals surface area contributed by atoms with Gasteiger partial charge in [0, 0.05) is 33.7 Å². The number of fused-ring (bicyclic) bond motifs is 1. The summed E-state index contributed by atoms with van der Waals surface area (Å²) in [5.74, 6) is 0.555. The third-order valence-electron chi connectivity index (χ3n) is 3.50. The standard InChI is InChI=1S/C17H24FNOS/c1-12(2)6-5-9-20-11-13-16(10-19-3)21-15-8-4-7-14(18)17(13)15/h4,7-8,12,19H,5-6,9-11H2,1-3H3. The second-order valence-corrected chi connectivity index (χ2v) is 6.87. The summed E-state index contributed by atoms with van der Waals surface area (Å²) < 4.78 is 20.9. The van der Waals surface area contributed by atoms with Gasteiger partial charge in [0.05, 0.1) is 6.61 Å². The number of halogens is 1. The smallest absolute Gasteiger partial charge is 0.132 e. The van der Waals surface area contributed by atoms with Crippen LogP contribution in [0.5, 0.6) is 0 Å². The van der Waals surface area contributed by atoms with E-state index in [1.807, 2.05) is 13.1 Å². The molecule has 1 aromatic heterocycles. The zero-order chi connectivity index (χ0) is 15.2. The van der Waals surface area contributed by atoms with E-state index in [0.29, 0.717) is 12.5 Å². The Labute approximate surface area is 130 Å². The van der Waals surface area contributed by atoms with Gasteiger partial charge in [-0.05, 0) is 37.9 Å². The van der Waals surface area contributed by atoms with Crippen molar-refractivity contribution in [3.8, 4) is 0 Å². The molecule has 1 aromatic carbocycles. The zero-order valence-electron chi connectivity index (χ0n) is 13.0. The van der Waals surface area contributed by atoms with Gasteiger partial charge >= 0.3 is 0 Å². The van der Waals surface area contributed by atoms with Gasteiger partial charge in [-0.3, -0.25) is 0 Å². The highest BCUT2D eigenvalue weighted by Gasteiger charge is 2.15. The lowest BCUT2D eigenvalue weighted by Gasteiger charge is -2.08. The van der Waals surface area contributed by atoms with Gasteiger partial charge in [-0.2, -0.15) is 0 Å². The number of hydrogen-bond donors (Lipinski definition) is 1. The monoisotopic (exact) mass is 309 g/mol. The third kappa shape index (κ3) is 4.25. The molecule has 1 N–H and O–H groups in total. The van der Waals surface area contributed by atoms with Crippen LogP contribution in [0, 0.1) is 11.7 Å². The van der Waals surface area contributed by atoms with Crippen molar-refractivity contribution in [1.29, 1.82) is 0 Å². The lowest BCUT2D eigenvalue weighted by atomic mass is 10.1. The Balaban J connectivity index is 2.10. The summed E-state index contributed by atoms with van der Waals surface area (Å²) in [7, 11) is 1.91. The number of benzene rings is 1. The molecule has 0 saturated heterocycles. The fourth-order valence-corrected chi connectivity index (χ4v) is 3.68. The lowest BCUT2D eigenvalue weighted by molar-refractivity contribution is 0.115. The molecule has 0 atom stereocenters. The van der Waals surface area contributed by atoms with Crippen molar-refractivity contribution in [2.45, 2.75) is 39.8 Å². The molecule has 1 heterocycles. The van der Waals surface area contributed by atoms with E-state index in [2.05, 4.69) is 19.2 Å². The Morgan fingerprint density at radius 1 is 1.33 bits per heavy atom. The van der Waals surface area contributed by atoms with Crippen molar-refractivity contribution in [2.24, 2.45) is 5.92 Å². The molecule has 0 radical (unpaired) electrons. The largest absolute Gasteiger partial charge is 0.377 e. The molecular weight excluding hydrogens is 285 g/mol. The van der Waals surface area contributed by atoms with Gasteiger partial charge in [0.25, 0.3) is 0 Å². The highest BCUT2D eigenvalue weighted by molar-refractivity contribution is 7.19. The van der Waals surface area contributed by atoms with E-state index in [4.69, 9.17) is 4.74 Å². The summed E-state index contributed by atoms with van der Waals surface area (Å²) in [6, 6.07) is 5.27. The molecule has 4 heteroatoms. The maximum atomic E-state index is 14.1. The van der Waals surface area contributed by atoms with Crippen LogP contribution in [-0.4, -0.2) is 13.7 Å². The third-order valence-corrected chi connectivity index (χ3v) is 4.70. The van der Waals surface area contributed by atoms with E-state index in [0.717, 1.165) is 35.2 Å². The van der Waals surface area contributed by atoms with Crippen LogP contribution in [-0.2, 0) is 17.9 Å². The summed E-state index contributed by atoms with van der Waals surface area (Å²) in [5, 5.41) is 3.89. The second kappa shape index (κ2) is 7.87. The topological polar surface area (TPSA) is 21.3 Å². The first kappa shape index (κ1) is 16.4. The summed E-state index contributed by atoms with van der Waals surface area (Å²) >= 11 is 1.65. The van der Waals surface area contributed by atoms with Crippen molar-refractivity contribution in [3.63, 3.8) is 0 Å². The predicted molar refractivity (Wildman–Crippen MR) is 88.3 cm³/mol. The van der Waals surface area contributed by atoms with Crippen molar-refractivity contribution >= 4 is 21.4 Å². The molecule has 0 amide bonds. The fraction of sp³-hybridized carbons (Fsp3) is 0.529. The first-order valence-electron chi connectivity index (χ1n) is 7.54. The Bertz CT molecular complexity index is 579. The van der Waals surface area contributed by atoms with Gasteiger partial charge in [0.1, 0.15) is 5.82 Å². The van der Waals surface area contributed by atoms with Crippen molar-refractivity contribution in [2.75, 3.05) is 13.7 Å². The Kier molecular flexibility index (Phi) is 6.15. The highest BCUT2D eigenvalue weighted by Crippen LogP contribution is 2.33. The van der Waals surface area contributed by atoms with E-state index >= 15 is 0 Å². The number of hydrogen-bond acceptors (Lipinski definition) is 3. The minimum Gasteiger partial charge on any atom is -0.377 e. The molecule has 0 unspecified atom stereocenters. The summed E-state index contributed by atoms with van der Waals surface area (Å²) in [6.45, 7) is 6.42. The number of thiophene rings is 1. The number of ether oxygens (including phenoxy) is 1. The van der Waals surface area contributed by atoms with Gasteiger partial charge in [0.2, 0.25) is 0 Å². The maximum absolute atomic E-state index is 14.1. The molecule has 0 spiro atoms. The van der Waals surface area contributed by atoms with Crippen molar-refractivity contribution < 1.29 is 9.13 Å². The molecule has 0 saturated carbocycles. The fourth-order valence-electron chi connectivity index (χ4n) is 2.44. The van der Waals surface area contributed by atoms with Gasteiger partial charge in [-0.1, -0.05) is 19.9 Å². The van der Waals surface area contributed by atoms with Crippen LogP contribution in [0.4, 0.5) is 4.39 Å². The highest BCUT2D eigenvalue weighted by atomic mass is 32.1. The Morgan fingerprint density at radius 3 is 2.86 bits per heavy atom. The zero-order valence-corrected chi connectivity index (χ0v) is 13.9. The minimum atomic E-state index is -0.146. The van der Waals surface area contributed by atoms with Gasteiger partial charge in [-0.25, -0.2) is 4.39 Å². The molecular formula is C17H24FNOS. The van der Waals surface area contributed by atoms with Crippen LogP contribution in [0.1, 0.15) is 37.1 Å². The Morgan fingerprint density at radius 2 is 2.14 bits per heavy atom. The quantitative estimate of drug-likeness (QED) is 0.713. The second-order valence-electron chi connectivity index (χ2n) is 5.74. The molecule has 2 aromatic rings. The van der Waals surface area contributed by atoms with Gasteiger partial charge < -0.3 is 10.1 Å². The van der Waals surface area contributed by atoms with Crippen LogP contribution >= 0.6 is 11.3 Å². The van der Waals surface area contributed by atoms with Crippen LogP contribution < -0.4 is 5.32 Å². The van der Waals surface area contributed by atoms with Gasteiger partial charge in [-0.15, -0.1) is 11.3 Å². The van der Waals surface area contributed by atoms with E-state index < -0.39 is 0 Å². The summed E-state index contributed by atoms with van der Waals surface area (Å²) in [6.07, 6.45) is 2.23. The molecule has 0 aliphatic heterocycles. The molecule has 21 heavy (non-hydrogen) atoms. The van der Waals surface area contributed by atoms with Crippen molar-refractivity contribution in [3.05, 3.63) is 34.5 Å². The van der Waals surface area contributed by atoms with E-state index in [1.165, 1.54) is 17.4 Å². The lowest BCUT2D eigenvalue weighted by Crippen LogP contribution is -2.06. The predicted octanol–water partition coefficient (Wildman–Crippen LogP) is 4.71. The molecule has 116 valence electrons. The molecule has 0 fully saturated rings. The number of rotatable bonds is 8. The van der Waals surface area contributed by atoms with Gasteiger partial charge in [0.15, 0.2) is 0 Å². The average Bonchev–Trinajstić information content (AvgIpc) is 2.78. The normalized spacial score (nSPS) is 11.7. The first-order valence-corrected chi connectivity index (χ1v) is 8.36. The molecule has 0 aliphatic carbocycles. The molecule has 2 rings (SSSR count). The van der Waals surface area contributed by atoms with Crippen LogP contribution in [0.2, 0.25) is 0 Å². The Hall–Kier alpha value is -0.970. The molecule has 0 aliphatic rings. The molecule has 2 nitrogen and oxygen atoms in total. The van der Waals surface area contributed by atoms with Crippen LogP contribution in [0.3, 0.4) is 0 Å². The minimum absolute atomic E-state index is 0.146. The van der Waals surface area contributed by atoms with Crippen molar-refractivity contribution in [1.82, 2.24) is 5.32 Å². The SMILES string of the molecule is CNCc1sc2cccc(F)c2c1COCCCC(C)C. The van der Waals surface area contributed by atoms with Crippen LogP contribution in [0.25, 0.3) is 10.1 Å². The average molecular weight is 309 g/mol. The first-order chi connectivity index (χ1) is 10.1. The van der Waals surface area contributed by atoms with Crippen LogP contribution in [0.15, 0.2) is 18.2 Å². The van der Waals surface area contributed by atoms with E-state index in [1.54, 1.807) is 17.4 Å². The molecule has 0 bridgehead atoms. The van der Waals surface area contributed by atoms with E-state index in [9.17, 15) is 4.39 Å². The number of nitrogens with one attached hydrogen (secondary N) is 1. The summed E-state index contributed by atoms with van der Waals surface area (Å²) in [4.78, 5) is 1.17.